The summed E-state index contributed by atoms with van der Waals surface area (Å²) in [7, 11) is 1.49. The van der Waals surface area contributed by atoms with Crippen LogP contribution in [0.25, 0.3) is 5.76 Å². The van der Waals surface area contributed by atoms with Crippen LogP contribution < -0.4 is 4.74 Å². The molecule has 1 fully saturated rings. The molecule has 1 atom stereocenters. The van der Waals surface area contributed by atoms with E-state index in [1.807, 2.05) is 0 Å². The average molecular weight is 522 g/mol. The van der Waals surface area contributed by atoms with E-state index < -0.39 is 23.7 Å². The second-order valence-corrected chi connectivity index (χ2v) is 8.59. The zero-order chi connectivity index (χ0) is 24.4. The number of carboxylic acids is 1. The van der Waals surface area contributed by atoms with E-state index >= 15 is 0 Å². The number of ether oxygens (including phenoxy) is 1. The van der Waals surface area contributed by atoms with E-state index in [0.29, 0.717) is 22.4 Å². The number of Topliss-reactive ketones (excluding diaryl/α,β-unsaturated/α-hetero) is 1. The highest BCUT2D eigenvalue weighted by Crippen LogP contribution is 2.43. The number of para-hydroxylation sites is 1. The molecule has 0 aromatic heterocycles. The van der Waals surface area contributed by atoms with E-state index in [2.05, 4.69) is 15.9 Å². The predicted molar refractivity (Wildman–Crippen MR) is 128 cm³/mol. The van der Waals surface area contributed by atoms with Crippen LogP contribution in [0.15, 0.2) is 82.8 Å². The van der Waals surface area contributed by atoms with E-state index in [4.69, 9.17) is 9.84 Å². The first-order valence-electron chi connectivity index (χ1n) is 10.3. The minimum atomic E-state index is -1.06. The normalized spacial score (nSPS) is 17.1. The molecule has 0 spiro atoms. The Morgan fingerprint density at radius 1 is 0.941 bits per heavy atom. The summed E-state index contributed by atoms with van der Waals surface area (Å²) < 4.78 is 6.29. The SMILES string of the molecule is COc1ccccc1C1/C(=C(\O)c2ccc(Br)cc2)C(=O)C(=O)N1Cc1ccc(C(=O)O)cc1. The Hall–Kier alpha value is -3.91. The molecule has 172 valence electrons. The molecule has 7 nitrogen and oxygen atoms in total. The molecule has 4 rings (SSSR count). The molecule has 8 heteroatoms. The Bertz CT molecular complexity index is 1300. The fraction of sp³-hybridized carbons (Fsp3) is 0.115. The number of likely N-dealkylation sites (tertiary alicyclic amines) is 1. The van der Waals surface area contributed by atoms with E-state index in [0.717, 1.165) is 4.47 Å². The van der Waals surface area contributed by atoms with Crippen molar-refractivity contribution in [2.24, 2.45) is 0 Å². The molecule has 1 heterocycles. The number of carbonyl (C=O) groups excluding carboxylic acids is 2. The van der Waals surface area contributed by atoms with Crippen molar-refractivity contribution < 1.29 is 29.3 Å². The number of nitrogens with zero attached hydrogens (tertiary/aromatic N) is 1. The number of ketones is 1. The third-order valence-electron chi connectivity index (χ3n) is 5.64. The van der Waals surface area contributed by atoms with Crippen LogP contribution in [-0.2, 0) is 16.1 Å². The standard InChI is InChI=1S/C26H20BrNO6/c1-34-20-5-3-2-4-19(20)22-21(23(29)16-10-12-18(27)13-11-16)24(30)25(31)28(22)14-15-6-8-17(9-7-15)26(32)33/h2-13,22,29H,14H2,1H3,(H,32,33)/b23-21+. The van der Waals surface area contributed by atoms with Crippen LogP contribution in [0, 0.1) is 0 Å². The number of aliphatic hydroxyl groups excluding tert-OH is 1. The van der Waals surface area contributed by atoms with Crippen molar-refractivity contribution in [1.29, 1.82) is 0 Å². The molecular formula is C26H20BrNO6. The highest BCUT2D eigenvalue weighted by molar-refractivity contribution is 9.10. The third kappa shape index (κ3) is 4.32. The lowest BCUT2D eigenvalue weighted by Crippen LogP contribution is -2.29. The van der Waals surface area contributed by atoms with Crippen LogP contribution in [0.4, 0.5) is 0 Å². The lowest BCUT2D eigenvalue weighted by molar-refractivity contribution is -0.140. The zero-order valence-corrected chi connectivity index (χ0v) is 19.7. The number of carboxylic acid groups (broad SMARTS) is 1. The van der Waals surface area contributed by atoms with Gasteiger partial charge in [0.2, 0.25) is 0 Å². The lowest BCUT2D eigenvalue weighted by atomic mass is 9.94. The summed E-state index contributed by atoms with van der Waals surface area (Å²) in [5, 5.41) is 20.3. The predicted octanol–water partition coefficient (Wildman–Crippen LogP) is 4.78. The van der Waals surface area contributed by atoms with Gasteiger partial charge in [-0.2, -0.15) is 0 Å². The van der Waals surface area contributed by atoms with Crippen LogP contribution in [0.3, 0.4) is 0 Å². The first kappa shape index (κ1) is 23.3. The topological polar surface area (TPSA) is 104 Å². The molecule has 0 saturated carbocycles. The number of hydrogen-bond donors (Lipinski definition) is 2. The van der Waals surface area contributed by atoms with Crippen LogP contribution >= 0.6 is 15.9 Å². The maximum absolute atomic E-state index is 13.2. The third-order valence-corrected chi connectivity index (χ3v) is 6.17. The minimum absolute atomic E-state index is 0.0320. The van der Waals surface area contributed by atoms with Gasteiger partial charge in [-0.25, -0.2) is 4.79 Å². The zero-order valence-electron chi connectivity index (χ0n) is 18.1. The van der Waals surface area contributed by atoms with Crippen LogP contribution in [0.5, 0.6) is 5.75 Å². The number of benzene rings is 3. The van der Waals surface area contributed by atoms with Gasteiger partial charge in [0.15, 0.2) is 0 Å². The summed E-state index contributed by atoms with van der Waals surface area (Å²) in [5.74, 6) is -2.46. The molecule has 3 aromatic rings. The monoisotopic (exact) mass is 521 g/mol. The number of amides is 1. The van der Waals surface area contributed by atoms with Crippen molar-refractivity contribution in [2.75, 3.05) is 7.11 Å². The van der Waals surface area contributed by atoms with E-state index in [9.17, 15) is 19.5 Å². The summed E-state index contributed by atoms with van der Waals surface area (Å²) in [6.07, 6.45) is 0. The first-order chi connectivity index (χ1) is 16.3. The van der Waals surface area contributed by atoms with E-state index in [-0.39, 0.29) is 23.4 Å². The first-order valence-corrected chi connectivity index (χ1v) is 11.1. The van der Waals surface area contributed by atoms with E-state index in [1.165, 1.54) is 24.1 Å². The van der Waals surface area contributed by atoms with Gasteiger partial charge in [-0.3, -0.25) is 9.59 Å². The second kappa shape index (κ2) is 9.52. The molecular weight excluding hydrogens is 502 g/mol. The number of aromatic carboxylic acids is 1. The van der Waals surface area contributed by atoms with Gasteiger partial charge in [0.05, 0.1) is 24.3 Å². The molecule has 1 saturated heterocycles. The van der Waals surface area contributed by atoms with Gasteiger partial charge >= 0.3 is 5.97 Å². The Morgan fingerprint density at radius 3 is 2.18 bits per heavy atom. The van der Waals surface area contributed by atoms with Gasteiger partial charge in [-0.15, -0.1) is 0 Å². The van der Waals surface area contributed by atoms with Crippen molar-refractivity contribution in [3.8, 4) is 5.75 Å². The molecule has 2 N–H and O–H groups in total. The van der Waals surface area contributed by atoms with Gasteiger partial charge in [0.1, 0.15) is 11.5 Å². The number of halogens is 1. The summed E-state index contributed by atoms with van der Waals surface area (Å²) in [6.45, 7) is 0.0320. The molecule has 0 bridgehead atoms. The molecule has 0 radical (unpaired) electrons. The van der Waals surface area contributed by atoms with Crippen molar-refractivity contribution in [2.45, 2.75) is 12.6 Å². The van der Waals surface area contributed by atoms with Gasteiger partial charge in [0.25, 0.3) is 11.7 Å². The van der Waals surface area contributed by atoms with Crippen molar-refractivity contribution in [1.82, 2.24) is 4.90 Å². The number of carbonyl (C=O) groups is 3. The number of aliphatic hydroxyl groups is 1. The van der Waals surface area contributed by atoms with Gasteiger partial charge < -0.3 is 19.8 Å². The van der Waals surface area contributed by atoms with Crippen LogP contribution in [-0.4, -0.2) is 39.9 Å². The van der Waals surface area contributed by atoms with Gasteiger partial charge in [-0.1, -0.05) is 58.4 Å². The highest BCUT2D eigenvalue weighted by atomic mass is 79.9. The Kier molecular flexibility index (Phi) is 6.51. The van der Waals surface area contributed by atoms with Crippen molar-refractivity contribution in [3.05, 3.63) is 105 Å². The molecule has 1 unspecified atom stereocenters. The quantitative estimate of drug-likeness (QED) is 0.275. The van der Waals surface area contributed by atoms with Crippen molar-refractivity contribution >= 4 is 39.3 Å². The Labute approximate surface area is 204 Å². The lowest BCUT2D eigenvalue weighted by Gasteiger charge is -2.26. The average Bonchev–Trinajstić information content (AvgIpc) is 3.09. The maximum atomic E-state index is 13.2. The van der Waals surface area contributed by atoms with Crippen LogP contribution in [0.2, 0.25) is 0 Å². The van der Waals surface area contributed by atoms with Crippen LogP contribution in [0.1, 0.15) is 33.1 Å². The van der Waals surface area contributed by atoms with Gasteiger partial charge in [-0.05, 0) is 35.9 Å². The highest BCUT2D eigenvalue weighted by Gasteiger charge is 2.47. The summed E-state index contributed by atoms with van der Waals surface area (Å²) in [4.78, 5) is 38.9. The minimum Gasteiger partial charge on any atom is -0.507 e. The number of hydrogen-bond acceptors (Lipinski definition) is 5. The molecule has 34 heavy (non-hydrogen) atoms. The number of rotatable bonds is 6. The largest absolute Gasteiger partial charge is 0.507 e. The summed E-state index contributed by atoms with van der Waals surface area (Å²) in [5.41, 5.74) is 1.65. The Morgan fingerprint density at radius 2 is 1.56 bits per heavy atom. The smallest absolute Gasteiger partial charge is 0.335 e. The summed E-state index contributed by atoms with van der Waals surface area (Å²) in [6, 6.07) is 18.9. The maximum Gasteiger partial charge on any atom is 0.335 e. The second-order valence-electron chi connectivity index (χ2n) is 7.68. The molecule has 3 aromatic carbocycles. The Balaban J connectivity index is 1.85. The molecule has 0 aliphatic carbocycles. The van der Waals surface area contributed by atoms with Gasteiger partial charge in [0, 0.05) is 22.1 Å². The van der Waals surface area contributed by atoms with Crippen molar-refractivity contribution in [3.63, 3.8) is 0 Å². The number of methoxy groups -OCH3 is 1. The molecule has 1 aliphatic rings. The fourth-order valence-electron chi connectivity index (χ4n) is 3.97. The fourth-order valence-corrected chi connectivity index (χ4v) is 4.24. The molecule has 1 aliphatic heterocycles. The summed E-state index contributed by atoms with van der Waals surface area (Å²) >= 11 is 3.35. The molecule has 1 amide bonds. The van der Waals surface area contributed by atoms with E-state index in [1.54, 1.807) is 60.7 Å².